The van der Waals surface area contributed by atoms with Crippen LogP contribution in [0.4, 0.5) is 0 Å². The molecule has 1 nitrogen and oxygen atoms in total. The van der Waals surface area contributed by atoms with E-state index in [4.69, 9.17) is 0 Å². The van der Waals surface area contributed by atoms with Crippen molar-refractivity contribution in [2.45, 2.75) is 60.3 Å². The average Bonchev–Trinajstić information content (AvgIpc) is 2.20. The lowest BCUT2D eigenvalue weighted by atomic mass is 9.92. The van der Waals surface area contributed by atoms with E-state index in [1.54, 1.807) is 0 Å². The van der Waals surface area contributed by atoms with Crippen molar-refractivity contribution < 1.29 is 0 Å². The Kier molecular flexibility index (Phi) is 6.23. The minimum absolute atomic E-state index is 0.575. The van der Waals surface area contributed by atoms with E-state index in [1.165, 1.54) is 11.1 Å². The number of rotatable bonds is 2. The van der Waals surface area contributed by atoms with E-state index >= 15 is 0 Å². The summed E-state index contributed by atoms with van der Waals surface area (Å²) in [6.07, 6.45) is 2.02. The van der Waals surface area contributed by atoms with Crippen LogP contribution in [0.1, 0.15) is 70.2 Å². The first kappa shape index (κ1) is 14.2. The Hall–Kier alpha value is -0.850. The second-order valence-electron chi connectivity index (χ2n) is 4.26. The molecule has 15 heavy (non-hydrogen) atoms. The summed E-state index contributed by atoms with van der Waals surface area (Å²) in [5.41, 5.74) is 3.95. The molecule has 0 aliphatic carbocycles. The van der Waals surface area contributed by atoms with Crippen molar-refractivity contribution in [2.24, 2.45) is 0 Å². The van der Waals surface area contributed by atoms with Gasteiger partial charge in [0.15, 0.2) is 0 Å². The Balaban J connectivity index is 0.000000921. The summed E-state index contributed by atoms with van der Waals surface area (Å²) < 4.78 is 0. The molecule has 0 saturated heterocycles. The summed E-state index contributed by atoms with van der Waals surface area (Å²) in [4.78, 5) is 4.34. The summed E-state index contributed by atoms with van der Waals surface area (Å²) in [6.45, 7) is 15.0. The largest absolute Gasteiger partial charge is 0.261 e. The fourth-order valence-electron chi connectivity index (χ4n) is 1.57. The standard InChI is InChI=1S/C12H19N.C2H6/c1-8(2)11-6-10(5)13-7-12(11)9(3)4;1-2/h6-9H,1-5H3;1-2H3. The molecule has 1 aromatic rings. The molecule has 1 heteroatoms. The SMILES string of the molecule is CC.Cc1cc(C(C)C)c(C(C)C)cn1. The summed E-state index contributed by atoms with van der Waals surface area (Å²) in [5, 5.41) is 0. The Morgan fingerprint density at radius 2 is 1.40 bits per heavy atom. The first-order chi connectivity index (χ1) is 7.02. The maximum absolute atomic E-state index is 4.34. The topological polar surface area (TPSA) is 12.9 Å². The molecule has 0 aliphatic rings. The molecule has 0 fully saturated rings. The number of hydrogen-bond donors (Lipinski definition) is 0. The molecule has 0 atom stereocenters. The van der Waals surface area contributed by atoms with E-state index in [1.807, 2.05) is 20.0 Å². The quantitative estimate of drug-likeness (QED) is 0.687. The minimum Gasteiger partial charge on any atom is -0.261 e. The van der Waals surface area contributed by atoms with E-state index in [0.717, 1.165) is 5.69 Å². The van der Waals surface area contributed by atoms with Gasteiger partial charge >= 0.3 is 0 Å². The highest BCUT2D eigenvalue weighted by molar-refractivity contribution is 5.31. The van der Waals surface area contributed by atoms with Crippen molar-refractivity contribution in [1.82, 2.24) is 4.98 Å². The number of aromatic nitrogens is 1. The van der Waals surface area contributed by atoms with Gasteiger partial charge in [0.25, 0.3) is 0 Å². The first-order valence-corrected chi connectivity index (χ1v) is 5.98. The molecule has 86 valence electrons. The lowest BCUT2D eigenvalue weighted by Gasteiger charge is -2.15. The number of nitrogens with zero attached hydrogens (tertiary/aromatic N) is 1. The Morgan fingerprint density at radius 1 is 0.933 bits per heavy atom. The lowest BCUT2D eigenvalue weighted by Crippen LogP contribution is -2.00. The summed E-state index contributed by atoms with van der Waals surface area (Å²) >= 11 is 0. The molecule has 1 rings (SSSR count). The predicted molar refractivity (Wildman–Crippen MR) is 68.5 cm³/mol. The van der Waals surface area contributed by atoms with Crippen LogP contribution in [0.3, 0.4) is 0 Å². The van der Waals surface area contributed by atoms with Gasteiger partial charge in [0, 0.05) is 11.9 Å². The van der Waals surface area contributed by atoms with Crippen LogP contribution in [0.5, 0.6) is 0 Å². The van der Waals surface area contributed by atoms with Gasteiger partial charge in [-0.05, 0) is 36.0 Å². The van der Waals surface area contributed by atoms with E-state index in [2.05, 4.69) is 45.7 Å². The van der Waals surface area contributed by atoms with Crippen LogP contribution in [0.25, 0.3) is 0 Å². The fourth-order valence-corrected chi connectivity index (χ4v) is 1.57. The van der Waals surface area contributed by atoms with Gasteiger partial charge in [-0.15, -0.1) is 0 Å². The van der Waals surface area contributed by atoms with Gasteiger partial charge in [-0.2, -0.15) is 0 Å². The molecule has 0 radical (unpaired) electrons. The second-order valence-corrected chi connectivity index (χ2v) is 4.26. The zero-order chi connectivity index (χ0) is 12.0. The smallest absolute Gasteiger partial charge is 0.0375 e. The molecular weight excluding hydrogens is 182 g/mol. The number of hydrogen-bond acceptors (Lipinski definition) is 1. The van der Waals surface area contributed by atoms with Crippen molar-refractivity contribution in [3.8, 4) is 0 Å². The summed E-state index contributed by atoms with van der Waals surface area (Å²) in [7, 11) is 0. The van der Waals surface area contributed by atoms with Crippen molar-refractivity contribution in [2.75, 3.05) is 0 Å². The lowest BCUT2D eigenvalue weighted by molar-refractivity contribution is 0.779. The highest BCUT2D eigenvalue weighted by Gasteiger charge is 2.09. The second kappa shape index (κ2) is 6.60. The first-order valence-electron chi connectivity index (χ1n) is 5.98. The molecule has 0 unspecified atom stereocenters. The van der Waals surface area contributed by atoms with Crippen molar-refractivity contribution in [1.29, 1.82) is 0 Å². The van der Waals surface area contributed by atoms with E-state index < -0.39 is 0 Å². The van der Waals surface area contributed by atoms with Gasteiger partial charge in [-0.25, -0.2) is 0 Å². The monoisotopic (exact) mass is 207 g/mol. The van der Waals surface area contributed by atoms with Crippen LogP contribution in [-0.4, -0.2) is 4.98 Å². The van der Waals surface area contributed by atoms with Crippen molar-refractivity contribution in [3.63, 3.8) is 0 Å². The van der Waals surface area contributed by atoms with Crippen molar-refractivity contribution >= 4 is 0 Å². The zero-order valence-electron chi connectivity index (χ0n) is 11.3. The van der Waals surface area contributed by atoms with Gasteiger partial charge in [0.2, 0.25) is 0 Å². The maximum Gasteiger partial charge on any atom is 0.0375 e. The van der Waals surface area contributed by atoms with Gasteiger partial charge in [-0.1, -0.05) is 41.5 Å². The summed E-state index contributed by atoms with van der Waals surface area (Å²) in [5.74, 6) is 1.17. The molecule has 0 N–H and O–H groups in total. The molecule has 0 spiro atoms. The normalized spacial score (nSPS) is 10.2. The van der Waals surface area contributed by atoms with Crippen LogP contribution in [0.2, 0.25) is 0 Å². The molecule has 0 aliphatic heterocycles. The number of aryl methyl sites for hydroxylation is 1. The Bertz CT molecular complexity index is 287. The molecule has 0 saturated carbocycles. The maximum atomic E-state index is 4.34. The molecule has 0 aromatic carbocycles. The van der Waals surface area contributed by atoms with Gasteiger partial charge < -0.3 is 0 Å². The molecule has 0 amide bonds. The van der Waals surface area contributed by atoms with E-state index in [9.17, 15) is 0 Å². The molecule has 1 aromatic heterocycles. The third-order valence-corrected chi connectivity index (χ3v) is 2.35. The van der Waals surface area contributed by atoms with E-state index in [0.29, 0.717) is 11.8 Å². The van der Waals surface area contributed by atoms with Crippen LogP contribution < -0.4 is 0 Å². The highest BCUT2D eigenvalue weighted by atomic mass is 14.7. The van der Waals surface area contributed by atoms with Crippen molar-refractivity contribution in [3.05, 3.63) is 29.1 Å². The van der Waals surface area contributed by atoms with Crippen LogP contribution in [0, 0.1) is 6.92 Å². The fraction of sp³-hybridized carbons (Fsp3) is 0.643. The predicted octanol–water partition coefficient (Wildman–Crippen LogP) is 4.66. The van der Waals surface area contributed by atoms with Crippen LogP contribution >= 0.6 is 0 Å². The Labute approximate surface area is 94.9 Å². The van der Waals surface area contributed by atoms with E-state index in [-0.39, 0.29) is 0 Å². The highest BCUT2D eigenvalue weighted by Crippen LogP contribution is 2.25. The van der Waals surface area contributed by atoms with Gasteiger partial charge in [0.1, 0.15) is 0 Å². The van der Waals surface area contributed by atoms with Crippen LogP contribution in [0.15, 0.2) is 12.3 Å². The minimum atomic E-state index is 0.575. The molecular formula is C14H25N. The molecule has 0 bridgehead atoms. The number of pyridine rings is 1. The Morgan fingerprint density at radius 3 is 1.80 bits per heavy atom. The third kappa shape index (κ3) is 4.03. The van der Waals surface area contributed by atoms with Gasteiger partial charge in [-0.3, -0.25) is 4.98 Å². The molecule has 1 heterocycles. The van der Waals surface area contributed by atoms with Gasteiger partial charge in [0.05, 0.1) is 0 Å². The zero-order valence-corrected chi connectivity index (χ0v) is 11.3. The van der Waals surface area contributed by atoms with Crippen LogP contribution in [-0.2, 0) is 0 Å². The summed E-state index contributed by atoms with van der Waals surface area (Å²) in [6, 6.07) is 2.21. The average molecular weight is 207 g/mol. The third-order valence-electron chi connectivity index (χ3n) is 2.35.